The van der Waals surface area contributed by atoms with E-state index in [9.17, 15) is 9.59 Å². The lowest BCUT2D eigenvalue weighted by Gasteiger charge is -2.32. The molecule has 2 amide bonds. The van der Waals surface area contributed by atoms with Crippen molar-refractivity contribution in [1.29, 1.82) is 0 Å². The first-order valence-corrected chi connectivity index (χ1v) is 8.25. The fourth-order valence-corrected chi connectivity index (χ4v) is 2.64. The van der Waals surface area contributed by atoms with E-state index < -0.39 is 0 Å². The van der Waals surface area contributed by atoms with Crippen LogP contribution in [0.15, 0.2) is 0 Å². The smallest absolute Gasteiger partial charge is 0.222 e. The van der Waals surface area contributed by atoms with E-state index in [0.717, 1.165) is 12.8 Å². The largest absolute Gasteiger partial charge is 0.342 e. The van der Waals surface area contributed by atoms with Crippen LogP contribution in [0.5, 0.6) is 0 Å². The molecule has 0 N–H and O–H groups in total. The van der Waals surface area contributed by atoms with Gasteiger partial charge in [0.25, 0.3) is 0 Å². The van der Waals surface area contributed by atoms with E-state index in [0.29, 0.717) is 32.6 Å². The molecule has 0 aromatic rings. The lowest BCUT2D eigenvalue weighted by molar-refractivity contribution is -0.135. The molecule has 0 atom stereocenters. The van der Waals surface area contributed by atoms with Crippen LogP contribution in [-0.4, -0.2) is 48.3 Å². The van der Waals surface area contributed by atoms with Crippen molar-refractivity contribution in [1.82, 2.24) is 9.80 Å². The van der Waals surface area contributed by atoms with E-state index in [2.05, 4.69) is 6.92 Å². The van der Waals surface area contributed by atoms with Gasteiger partial charge < -0.3 is 9.80 Å². The van der Waals surface area contributed by atoms with Crippen LogP contribution in [0.3, 0.4) is 0 Å². The third-order valence-electron chi connectivity index (χ3n) is 4.06. The van der Waals surface area contributed by atoms with Gasteiger partial charge in [-0.05, 0) is 6.42 Å². The molecule has 0 unspecified atom stereocenters. The predicted octanol–water partition coefficient (Wildman–Crippen LogP) is 2.82. The van der Waals surface area contributed by atoms with Crippen LogP contribution in [0.2, 0.25) is 0 Å². The Kier molecular flexibility index (Phi) is 9.09. The number of unbranched alkanes of at least 4 members (excludes halogenated alkanes) is 7. The standard InChI is InChI=1S/C16H30N2O2/c1-2-3-4-5-6-7-8-9-10-16(20)18-13-11-17(15-19)12-14-18/h15H,2-14H2,1H3. The summed E-state index contributed by atoms with van der Waals surface area (Å²) >= 11 is 0. The highest BCUT2D eigenvalue weighted by molar-refractivity contribution is 5.76. The maximum atomic E-state index is 12.0. The van der Waals surface area contributed by atoms with Crippen LogP contribution >= 0.6 is 0 Å². The molecule has 4 nitrogen and oxygen atoms in total. The van der Waals surface area contributed by atoms with Gasteiger partial charge in [-0.2, -0.15) is 0 Å². The molecule has 1 heterocycles. The lowest BCUT2D eigenvalue weighted by Crippen LogP contribution is -2.48. The molecular weight excluding hydrogens is 252 g/mol. The number of hydrogen-bond acceptors (Lipinski definition) is 2. The van der Waals surface area contributed by atoms with E-state index in [1.165, 1.54) is 44.9 Å². The zero-order valence-electron chi connectivity index (χ0n) is 13.0. The molecule has 1 aliphatic rings. The first kappa shape index (κ1) is 17.0. The van der Waals surface area contributed by atoms with Crippen LogP contribution in [-0.2, 0) is 9.59 Å². The quantitative estimate of drug-likeness (QED) is 0.456. The van der Waals surface area contributed by atoms with Crippen LogP contribution in [0.25, 0.3) is 0 Å². The molecule has 0 saturated carbocycles. The second kappa shape index (κ2) is 10.7. The third kappa shape index (κ3) is 6.92. The molecule has 20 heavy (non-hydrogen) atoms. The van der Waals surface area contributed by atoms with E-state index in [1.54, 1.807) is 4.90 Å². The Labute approximate surface area is 123 Å². The van der Waals surface area contributed by atoms with Gasteiger partial charge in [0, 0.05) is 32.6 Å². The Morgan fingerprint density at radius 1 is 0.900 bits per heavy atom. The summed E-state index contributed by atoms with van der Waals surface area (Å²) in [6, 6.07) is 0. The van der Waals surface area contributed by atoms with Gasteiger partial charge in [-0.3, -0.25) is 9.59 Å². The van der Waals surface area contributed by atoms with Crippen molar-refractivity contribution in [3.8, 4) is 0 Å². The topological polar surface area (TPSA) is 40.6 Å². The van der Waals surface area contributed by atoms with Gasteiger partial charge in [0.05, 0.1) is 0 Å². The highest BCUT2D eigenvalue weighted by Crippen LogP contribution is 2.11. The van der Waals surface area contributed by atoms with Gasteiger partial charge in [-0.15, -0.1) is 0 Å². The number of amides is 2. The first-order chi connectivity index (χ1) is 9.77. The molecule has 0 bridgehead atoms. The maximum absolute atomic E-state index is 12.0. The zero-order chi connectivity index (χ0) is 14.6. The summed E-state index contributed by atoms with van der Waals surface area (Å²) < 4.78 is 0. The molecule has 0 spiro atoms. The van der Waals surface area contributed by atoms with Gasteiger partial charge in [0.1, 0.15) is 0 Å². The summed E-state index contributed by atoms with van der Waals surface area (Å²) in [5.74, 6) is 0.265. The average molecular weight is 282 g/mol. The fraction of sp³-hybridized carbons (Fsp3) is 0.875. The summed E-state index contributed by atoms with van der Waals surface area (Å²) in [6.45, 7) is 5.02. The molecule has 1 aliphatic heterocycles. The first-order valence-electron chi connectivity index (χ1n) is 8.25. The molecule has 0 aromatic carbocycles. The second-order valence-corrected chi connectivity index (χ2v) is 5.75. The fourth-order valence-electron chi connectivity index (χ4n) is 2.64. The van der Waals surface area contributed by atoms with E-state index in [4.69, 9.17) is 0 Å². The molecule has 0 radical (unpaired) electrons. The van der Waals surface area contributed by atoms with Gasteiger partial charge in [-0.1, -0.05) is 51.9 Å². The Morgan fingerprint density at radius 2 is 1.45 bits per heavy atom. The van der Waals surface area contributed by atoms with E-state index in [1.807, 2.05) is 4.90 Å². The minimum absolute atomic E-state index is 0.265. The van der Waals surface area contributed by atoms with Crippen molar-refractivity contribution >= 4 is 12.3 Å². The van der Waals surface area contributed by atoms with Gasteiger partial charge >= 0.3 is 0 Å². The van der Waals surface area contributed by atoms with Crippen LogP contribution in [0.4, 0.5) is 0 Å². The maximum Gasteiger partial charge on any atom is 0.222 e. The number of rotatable bonds is 10. The summed E-state index contributed by atoms with van der Waals surface area (Å²) in [7, 11) is 0. The average Bonchev–Trinajstić information content (AvgIpc) is 2.50. The van der Waals surface area contributed by atoms with Gasteiger partial charge in [0.2, 0.25) is 12.3 Å². The second-order valence-electron chi connectivity index (χ2n) is 5.75. The van der Waals surface area contributed by atoms with Crippen molar-refractivity contribution in [3.05, 3.63) is 0 Å². The summed E-state index contributed by atoms with van der Waals surface area (Å²) in [6.07, 6.45) is 11.7. The van der Waals surface area contributed by atoms with Gasteiger partial charge in [-0.25, -0.2) is 0 Å². The number of carbonyl (C=O) groups excluding carboxylic acids is 2. The van der Waals surface area contributed by atoms with Crippen molar-refractivity contribution in [2.45, 2.75) is 64.7 Å². The van der Waals surface area contributed by atoms with E-state index >= 15 is 0 Å². The molecule has 116 valence electrons. The molecule has 1 saturated heterocycles. The van der Waals surface area contributed by atoms with Crippen LogP contribution in [0, 0.1) is 0 Å². The van der Waals surface area contributed by atoms with Crippen molar-refractivity contribution in [2.75, 3.05) is 26.2 Å². The Morgan fingerprint density at radius 3 is 2.00 bits per heavy atom. The minimum Gasteiger partial charge on any atom is -0.342 e. The molecule has 0 aliphatic carbocycles. The Balaban J connectivity index is 1.96. The number of hydrogen-bond donors (Lipinski definition) is 0. The molecule has 0 aromatic heterocycles. The molecule has 4 heteroatoms. The predicted molar refractivity (Wildman–Crippen MR) is 81.4 cm³/mol. The zero-order valence-corrected chi connectivity index (χ0v) is 13.0. The third-order valence-corrected chi connectivity index (χ3v) is 4.06. The highest BCUT2D eigenvalue weighted by Gasteiger charge is 2.19. The Hall–Kier alpha value is -1.06. The summed E-state index contributed by atoms with van der Waals surface area (Å²) in [5, 5.41) is 0. The molecule has 1 fully saturated rings. The van der Waals surface area contributed by atoms with Crippen molar-refractivity contribution in [2.24, 2.45) is 0 Å². The SMILES string of the molecule is CCCCCCCCCCC(=O)N1CCN(C=O)CC1. The highest BCUT2D eigenvalue weighted by atomic mass is 16.2. The van der Waals surface area contributed by atoms with Gasteiger partial charge in [0.15, 0.2) is 0 Å². The van der Waals surface area contributed by atoms with E-state index in [-0.39, 0.29) is 5.91 Å². The molecular formula is C16H30N2O2. The number of carbonyl (C=O) groups is 2. The monoisotopic (exact) mass is 282 g/mol. The van der Waals surface area contributed by atoms with Crippen LogP contribution in [0.1, 0.15) is 64.7 Å². The normalized spacial score (nSPS) is 15.4. The lowest BCUT2D eigenvalue weighted by atomic mass is 10.1. The number of piperazine rings is 1. The van der Waals surface area contributed by atoms with Crippen molar-refractivity contribution in [3.63, 3.8) is 0 Å². The molecule has 1 rings (SSSR count). The van der Waals surface area contributed by atoms with Crippen LogP contribution < -0.4 is 0 Å². The summed E-state index contributed by atoms with van der Waals surface area (Å²) in [4.78, 5) is 26.2. The Bertz CT molecular complexity index is 274. The van der Waals surface area contributed by atoms with Crippen molar-refractivity contribution < 1.29 is 9.59 Å². The number of nitrogens with zero attached hydrogens (tertiary/aromatic N) is 2. The summed E-state index contributed by atoms with van der Waals surface area (Å²) in [5.41, 5.74) is 0. The minimum atomic E-state index is 0.265.